The zero-order valence-corrected chi connectivity index (χ0v) is 28.2. The first-order chi connectivity index (χ1) is 26.4. The maximum absolute atomic E-state index is 14.1. The van der Waals surface area contributed by atoms with Gasteiger partial charge in [0.15, 0.2) is 0 Å². The second-order valence-electron chi connectivity index (χ2n) is 11.8. The summed E-state index contributed by atoms with van der Waals surface area (Å²) in [5.74, 6) is -13.8. The van der Waals surface area contributed by atoms with E-state index in [-0.39, 0.29) is 6.07 Å². The van der Waals surface area contributed by atoms with Gasteiger partial charge >= 0.3 is 30.6 Å². The average Bonchev–Trinajstić information content (AvgIpc) is 3.12. The van der Waals surface area contributed by atoms with Crippen LogP contribution < -0.4 is 10.6 Å². The summed E-state index contributed by atoms with van der Waals surface area (Å²) in [4.78, 5) is 24.3. The SMILES string of the molecule is O=C(NCc1cc(C(F)(F)F)ccc1F)C(O)(c1ccccc1)C(F)(F)C(F)(F)F.O=C(NCc1cc(C(F)(F)F)ccc1F)[C@@](O)(c1ccc(F)cc1)C(F)(F)F. The van der Waals surface area contributed by atoms with Gasteiger partial charge in [0.05, 0.1) is 11.1 Å². The van der Waals surface area contributed by atoms with Gasteiger partial charge in [0, 0.05) is 29.8 Å². The molecule has 23 heteroatoms. The third-order valence-corrected chi connectivity index (χ3v) is 7.96. The maximum atomic E-state index is 14.1. The largest absolute Gasteiger partial charge is 0.457 e. The van der Waals surface area contributed by atoms with Gasteiger partial charge in [-0.25, -0.2) is 13.2 Å². The van der Waals surface area contributed by atoms with Crippen molar-refractivity contribution in [2.45, 2.75) is 54.9 Å². The van der Waals surface area contributed by atoms with E-state index in [2.05, 4.69) is 0 Å². The number of hydrogen-bond donors (Lipinski definition) is 4. The minimum atomic E-state index is -6.36. The molecule has 0 saturated heterocycles. The topological polar surface area (TPSA) is 98.7 Å². The predicted octanol–water partition coefficient (Wildman–Crippen LogP) is 8.60. The lowest BCUT2D eigenvalue weighted by atomic mass is 9.85. The molecule has 4 aromatic rings. The van der Waals surface area contributed by atoms with Crippen molar-refractivity contribution in [2.75, 3.05) is 0 Å². The van der Waals surface area contributed by atoms with Crippen LogP contribution >= 0.6 is 0 Å². The first-order valence-corrected chi connectivity index (χ1v) is 15.4. The van der Waals surface area contributed by atoms with Crippen LogP contribution in [0.3, 0.4) is 0 Å². The van der Waals surface area contributed by atoms with Crippen LogP contribution in [0.15, 0.2) is 91.0 Å². The van der Waals surface area contributed by atoms with Gasteiger partial charge in [-0.3, -0.25) is 9.59 Å². The molecule has 4 N–H and O–H groups in total. The van der Waals surface area contributed by atoms with Crippen molar-refractivity contribution in [1.82, 2.24) is 10.6 Å². The fraction of sp³-hybridized carbons (Fsp3) is 0.257. The van der Waals surface area contributed by atoms with E-state index >= 15 is 0 Å². The minimum absolute atomic E-state index is 0.249. The highest BCUT2D eigenvalue weighted by molar-refractivity contribution is 5.88. The second kappa shape index (κ2) is 16.8. The molecule has 4 rings (SSSR count). The molecule has 4 aromatic carbocycles. The molecule has 1 unspecified atom stereocenters. The Morgan fingerprint density at radius 2 is 0.828 bits per heavy atom. The molecule has 0 aliphatic heterocycles. The molecular formula is C35H23F17N2O4. The van der Waals surface area contributed by atoms with E-state index in [4.69, 9.17) is 0 Å². The molecule has 6 nitrogen and oxygen atoms in total. The van der Waals surface area contributed by atoms with Crippen LogP contribution in [-0.4, -0.2) is 40.3 Å². The van der Waals surface area contributed by atoms with Crippen molar-refractivity contribution in [1.29, 1.82) is 0 Å². The van der Waals surface area contributed by atoms with Gasteiger partial charge in [-0.15, -0.1) is 0 Å². The molecule has 0 heterocycles. The molecule has 0 bridgehead atoms. The molecule has 0 aliphatic carbocycles. The molecule has 0 aromatic heterocycles. The Labute approximate surface area is 313 Å². The predicted molar refractivity (Wildman–Crippen MR) is 164 cm³/mol. The fourth-order valence-corrected chi connectivity index (χ4v) is 4.83. The highest BCUT2D eigenvalue weighted by Crippen LogP contribution is 2.49. The van der Waals surface area contributed by atoms with Crippen molar-refractivity contribution < 1.29 is 94.4 Å². The number of aliphatic hydroxyl groups is 2. The van der Waals surface area contributed by atoms with Gasteiger partial charge in [0.25, 0.3) is 17.4 Å². The van der Waals surface area contributed by atoms with Gasteiger partial charge in [0.1, 0.15) is 17.5 Å². The fourth-order valence-electron chi connectivity index (χ4n) is 4.83. The number of hydrogen-bond acceptors (Lipinski definition) is 4. The number of carbonyl (C=O) groups is 2. The lowest BCUT2D eigenvalue weighted by molar-refractivity contribution is -0.337. The summed E-state index contributed by atoms with van der Waals surface area (Å²) in [5, 5.41) is 23.2. The molecule has 0 fully saturated rings. The number of alkyl halides is 14. The second-order valence-corrected chi connectivity index (χ2v) is 11.8. The van der Waals surface area contributed by atoms with Crippen LogP contribution in [0, 0.1) is 17.5 Å². The summed E-state index contributed by atoms with van der Waals surface area (Å²) in [6.45, 7) is -2.26. The Balaban J connectivity index is 0.000000311. The van der Waals surface area contributed by atoms with Crippen LogP contribution in [0.4, 0.5) is 74.6 Å². The van der Waals surface area contributed by atoms with Gasteiger partial charge in [0.2, 0.25) is 5.60 Å². The summed E-state index contributed by atoms with van der Waals surface area (Å²) in [6.07, 6.45) is -21.7. The Morgan fingerprint density at radius 3 is 1.19 bits per heavy atom. The van der Waals surface area contributed by atoms with Crippen LogP contribution in [0.5, 0.6) is 0 Å². The molecule has 0 aliphatic rings. The zero-order chi connectivity index (χ0) is 44.3. The number of amides is 2. The molecule has 316 valence electrons. The number of nitrogens with one attached hydrogen (secondary N) is 2. The molecule has 0 radical (unpaired) electrons. The minimum Gasteiger partial charge on any atom is -0.370 e. The summed E-state index contributed by atoms with van der Waals surface area (Å²) in [5.41, 5.74) is -15.0. The Kier molecular flexibility index (Phi) is 13.6. The van der Waals surface area contributed by atoms with E-state index in [1.165, 1.54) is 11.4 Å². The number of rotatable bonds is 9. The third kappa shape index (κ3) is 9.97. The number of carbonyl (C=O) groups excluding carboxylic acids is 2. The van der Waals surface area contributed by atoms with Crippen molar-refractivity contribution in [3.05, 3.63) is 142 Å². The van der Waals surface area contributed by atoms with Crippen LogP contribution in [0.2, 0.25) is 0 Å². The first-order valence-electron chi connectivity index (χ1n) is 15.4. The lowest BCUT2D eigenvalue weighted by Gasteiger charge is -2.35. The van der Waals surface area contributed by atoms with Gasteiger partial charge < -0.3 is 20.8 Å². The molecule has 0 saturated carbocycles. The monoisotopic (exact) mass is 858 g/mol. The molecule has 2 amide bonds. The van der Waals surface area contributed by atoms with E-state index in [9.17, 15) is 94.4 Å². The van der Waals surface area contributed by atoms with Crippen LogP contribution in [0.1, 0.15) is 33.4 Å². The molecule has 2 atom stereocenters. The lowest BCUT2D eigenvalue weighted by Crippen LogP contribution is -2.62. The van der Waals surface area contributed by atoms with Crippen LogP contribution in [0.25, 0.3) is 0 Å². The van der Waals surface area contributed by atoms with Gasteiger partial charge in [-0.2, -0.15) is 61.5 Å². The Hall–Kier alpha value is -5.45. The van der Waals surface area contributed by atoms with Gasteiger partial charge in [-0.05, 0) is 54.1 Å². The number of benzene rings is 4. The van der Waals surface area contributed by atoms with E-state index in [0.29, 0.717) is 66.7 Å². The first kappa shape index (κ1) is 46.9. The van der Waals surface area contributed by atoms with Crippen molar-refractivity contribution in [3.8, 4) is 0 Å². The van der Waals surface area contributed by atoms with Gasteiger partial charge in [-0.1, -0.05) is 42.5 Å². The quantitative estimate of drug-likeness (QED) is 0.127. The van der Waals surface area contributed by atoms with Crippen LogP contribution in [-0.2, 0) is 46.2 Å². The molecule has 0 spiro atoms. The van der Waals surface area contributed by atoms with Crippen molar-refractivity contribution in [3.63, 3.8) is 0 Å². The van der Waals surface area contributed by atoms with Crippen molar-refractivity contribution in [2.24, 2.45) is 0 Å². The van der Waals surface area contributed by atoms with Crippen molar-refractivity contribution >= 4 is 11.8 Å². The molecular weight excluding hydrogens is 835 g/mol. The summed E-state index contributed by atoms with van der Waals surface area (Å²) >= 11 is 0. The third-order valence-electron chi connectivity index (χ3n) is 7.96. The summed E-state index contributed by atoms with van der Waals surface area (Å²) in [7, 11) is 0. The average molecular weight is 859 g/mol. The normalized spacial score (nSPS) is 14.7. The maximum Gasteiger partial charge on any atom is 0.457 e. The number of halogens is 17. The van der Waals surface area contributed by atoms with E-state index in [1.54, 1.807) is 5.32 Å². The zero-order valence-electron chi connectivity index (χ0n) is 28.2. The standard InChI is InChI=1S/C18H12F9NO2.C17H11F8NO2/c19-13-7-6-12(16(20,21)22)8-10(13)9-28-14(29)15(30,11-4-2-1-3-5-11)17(23,24)18(25,26)27;18-12-4-1-10(2-5-12)15(28,17(23,24)25)14(27)26-8-9-7-11(16(20,21)22)3-6-13(9)19/h1-8,30H,9H2,(H,28,29);1-7,28H,8H2,(H,26,27)/t;15-/m.0/s1. The Bertz CT molecular complexity index is 2070. The smallest absolute Gasteiger partial charge is 0.370 e. The summed E-state index contributed by atoms with van der Waals surface area (Å²) < 4.78 is 223. The van der Waals surface area contributed by atoms with E-state index in [0.717, 1.165) is 12.1 Å². The summed E-state index contributed by atoms with van der Waals surface area (Å²) in [6, 6.07) is 8.82. The highest BCUT2D eigenvalue weighted by atomic mass is 19.4. The van der Waals surface area contributed by atoms with E-state index < -0.39 is 118 Å². The Morgan fingerprint density at radius 1 is 0.466 bits per heavy atom. The highest BCUT2D eigenvalue weighted by Gasteiger charge is 2.73. The van der Waals surface area contributed by atoms with E-state index in [1.807, 2.05) is 0 Å². The molecule has 58 heavy (non-hydrogen) atoms.